The minimum atomic E-state index is 0.579. The highest BCUT2D eigenvalue weighted by Gasteiger charge is 2.09. The van der Waals surface area contributed by atoms with Crippen LogP contribution in [-0.4, -0.2) is 24.4 Å². The number of anilines is 1. The molecule has 2 aromatic carbocycles. The van der Waals surface area contributed by atoms with E-state index in [9.17, 15) is 0 Å². The summed E-state index contributed by atoms with van der Waals surface area (Å²) >= 11 is 3.50. The predicted molar refractivity (Wildman–Crippen MR) is 98.8 cm³/mol. The molecule has 0 aliphatic rings. The summed E-state index contributed by atoms with van der Waals surface area (Å²) in [6.07, 6.45) is 0. The van der Waals surface area contributed by atoms with Gasteiger partial charge in [-0.3, -0.25) is 0 Å². The van der Waals surface area contributed by atoms with Crippen LogP contribution in [0.15, 0.2) is 40.9 Å². The number of halogens is 1. The summed E-state index contributed by atoms with van der Waals surface area (Å²) < 4.78 is 11.7. The van der Waals surface area contributed by atoms with E-state index in [-0.39, 0.29) is 0 Å². The van der Waals surface area contributed by atoms with Gasteiger partial charge in [0.05, 0.1) is 19.9 Å². The summed E-state index contributed by atoms with van der Waals surface area (Å²) in [5.41, 5.74) is 1.92. The first-order valence-corrected chi connectivity index (χ1v) is 8.29. The van der Waals surface area contributed by atoms with Crippen LogP contribution in [-0.2, 0) is 6.54 Å². The molecule has 1 heterocycles. The van der Waals surface area contributed by atoms with E-state index >= 15 is 0 Å². The summed E-state index contributed by atoms with van der Waals surface area (Å²) in [4.78, 5) is 0. The van der Waals surface area contributed by atoms with Crippen LogP contribution in [0.1, 0.15) is 11.3 Å². The molecule has 0 bridgehead atoms. The monoisotopic (exact) mass is 387 g/mol. The van der Waals surface area contributed by atoms with Crippen LogP contribution in [0.2, 0.25) is 0 Å². The van der Waals surface area contributed by atoms with Crippen molar-refractivity contribution < 1.29 is 9.47 Å². The van der Waals surface area contributed by atoms with Gasteiger partial charge in [-0.25, -0.2) is 0 Å². The number of ether oxygens (including phenoxy) is 2. The number of nitrogens with one attached hydrogen (secondary N) is 1. The Kier molecular flexibility index (Phi) is 4.85. The third-order valence-electron chi connectivity index (χ3n) is 3.87. The van der Waals surface area contributed by atoms with Gasteiger partial charge in [-0.2, -0.15) is 5.10 Å². The molecular weight excluding hydrogens is 370 g/mol. The summed E-state index contributed by atoms with van der Waals surface area (Å²) in [5, 5.41) is 14.0. The third kappa shape index (κ3) is 3.28. The Hall–Kier alpha value is -2.34. The second-order valence-electron chi connectivity index (χ2n) is 5.36. The van der Waals surface area contributed by atoms with E-state index < -0.39 is 0 Å². The fraction of sp³-hybridized carbons (Fsp3) is 0.222. The number of hydrogen-bond acceptors (Lipinski definition) is 5. The Bertz CT molecular complexity index is 884. The van der Waals surface area contributed by atoms with Gasteiger partial charge in [0.25, 0.3) is 0 Å². The average Bonchev–Trinajstić information content (AvgIpc) is 2.61. The molecule has 0 aliphatic carbocycles. The smallest absolute Gasteiger partial charge is 0.156 e. The molecule has 0 atom stereocenters. The van der Waals surface area contributed by atoms with Gasteiger partial charge in [-0.1, -0.05) is 15.9 Å². The van der Waals surface area contributed by atoms with Crippen LogP contribution in [0.4, 0.5) is 5.82 Å². The quantitative estimate of drug-likeness (QED) is 0.705. The van der Waals surface area contributed by atoms with E-state index in [0.29, 0.717) is 6.54 Å². The number of benzene rings is 2. The average molecular weight is 388 g/mol. The fourth-order valence-electron chi connectivity index (χ4n) is 2.56. The summed E-state index contributed by atoms with van der Waals surface area (Å²) in [6, 6.07) is 11.9. The number of rotatable bonds is 5. The lowest BCUT2D eigenvalue weighted by molar-refractivity contribution is 0.391. The molecule has 0 fully saturated rings. The number of methoxy groups -OCH3 is 2. The van der Waals surface area contributed by atoms with Gasteiger partial charge in [0.15, 0.2) is 5.82 Å². The van der Waals surface area contributed by atoms with Crippen LogP contribution >= 0.6 is 15.9 Å². The lowest BCUT2D eigenvalue weighted by Gasteiger charge is -2.13. The standard InChI is InChI=1S/C18H18BrN3O2/c1-11-16-8-13(19)5-7-15(16)18(22-21-11)20-10-12-4-6-14(23-2)9-17(12)24-3/h4-9H,10H2,1-3H3,(H,20,22). The van der Waals surface area contributed by atoms with Crippen LogP contribution in [0.5, 0.6) is 11.5 Å². The Morgan fingerprint density at radius 1 is 1.00 bits per heavy atom. The Labute approximate surface area is 149 Å². The predicted octanol–water partition coefficient (Wildman–Crippen LogP) is 4.33. The molecule has 1 N–H and O–H groups in total. The molecule has 24 heavy (non-hydrogen) atoms. The molecule has 0 spiro atoms. The lowest BCUT2D eigenvalue weighted by atomic mass is 10.1. The topological polar surface area (TPSA) is 56.3 Å². The Morgan fingerprint density at radius 2 is 1.83 bits per heavy atom. The molecule has 6 heteroatoms. The van der Waals surface area contributed by atoms with Crippen molar-refractivity contribution in [3.8, 4) is 11.5 Å². The highest BCUT2D eigenvalue weighted by Crippen LogP contribution is 2.28. The van der Waals surface area contributed by atoms with Crippen molar-refractivity contribution in [3.05, 3.63) is 52.1 Å². The maximum atomic E-state index is 5.44. The second-order valence-corrected chi connectivity index (χ2v) is 6.27. The molecule has 1 aromatic heterocycles. The van der Waals surface area contributed by atoms with Crippen LogP contribution in [0.3, 0.4) is 0 Å². The Balaban J connectivity index is 1.90. The first-order valence-electron chi connectivity index (χ1n) is 7.49. The Morgan fingerprint density at radius 3 is 2.58 bits per heavy atom. The van der Waals surface area contributed by atoms with Crippen molar-refractivity contribution in [1.82, 2.24) is 10.2 Å². The molecular formula is C18H18BrN3O2. The van der Waals surface area contributed by atoms with Crippen molar-refractivity contribution in [2.24, 2.45) is 0 Å². The van der Waals surface area contributed by atoms with Crippen molar-refractivity contribution in [2.45, 2.75) is 13.5 Å². The fourth-order valence-corrected chi connectivity index (χ4v) is 2.92. The summed E-state index contributed by atoms with van der Waals surface area (Å²) in [7, 11) is 3.29. The minimum Gasteiger partial charge on any atom is -0.497 e. The maximum Gasteiger partial charge on any atom is 0.156 e. The first kappa shape index (κ1) is 16.5. The highest BCUT2D eigenvalue weighted by atomic mass is 79.9. The van der Waals surface area contributed by atoms with Gasteiger partial charge in [0.1, 0.15) is 11.5 Å². The minimum absolute atomic E-state index is 0.579. The first-order chi connectivity index (χ1) is 11.6. The molecule has 0 radical (unpaired) electrons. The molecule has 5 nitrogen and oxygen atoms in total. The zero-order valence-corrected chi connectivity index (χ0v) is 15.3. The highest BCUT2D eigenvalue weighted by molar-refractivity contribution is 9.10. The van der Waals surface area contributed by atoms with Crippen molar-refractivity contribution in [1.29, 1.82) is 0 Å². The summed E-state index contributed by atoms with van der Waals surface area (Å²) in [5.74, 6) is 2.29. The zero-order chi connectivity index (χ0) is 17.1. The van der Waals surface area contributed by atoms with Crippen molar-refractivity contribution in [3.63, 3.8) is 0 Å². The number of fused-ring (bicyclic) bond motifs is 1. The van der Waals surface area contributed by atoms with Gasteiger partial charge < -0.3 is 14.8 Å². The van der Waals surface area contributed by atoms with Crippen LogP contribution in [0.25, 0.3) is 10.8 Å². The number of aryl methyl sites for hydroxylation is 1. The van der Waals surface area contributed by atoms with E-state index in [1.54, 1.807) is 14.2 Å². The molecule has 0 aliphatic heterocycles. The lowest BCUT2D eigenvalue weighted by Crippen LogP contribution is -2.05. The van der Waals surface area contributed by atoms with Gasteiger partial charge >= 0.3 is 0 Å². The summed E-state index contributed by atoms with van der Waals surface area (Å²) in [6.45, 7) is 2.54. The van der Waals surface area contributed by atoms with E-state index in [2.05, 4.69) is 37.5 Å². The van der Waals surface area contributed by atoms with Crippen molar-refractivity contribution >= 4 is 32.5 Å². The molecule has 0 saturated carbocycles. The molecule has 0 amide bonds. The SMILES string of the molecule is COc1ccc(CNc2nnc(C)c3cc(Br)ccc23)c(OC)c1. The van der Waals surface area contributed by atoms with Gasteiger partial charge in [0.2, 0.25) is 0 Å². The largest absolute Gasteiger partial charge is 0.497 e. The molecule has 0 unspecified atom stereocenters. The third-order valence-corrected chi connectivity index (χ3v) is 4.36. The van der Waals surface area contributed by atoms with Gasteiger partial charge in [0, 0.05) is 33.4 Å². The van der Waals surface area contributed by atoms with E-state index in [0.717, 1.165) is 43.8 Å². The zero-order valence-electron chi connectivity index (χ0n) is 13.8. The normalized spacial score (nSPS) is 10.7. The number of hydrogen-bond donors (Lipinski definition) is 1. The molecule has 124 valence electrons. The van der Waals surface area contributed by atoms with Gasteiger partial charge in [-0.05, 0) is 37.3 Å². The van der Waals surface area contributed by atoms with E-state index in [4.69, 9.17) is 9.47 Å². The molecule has 3 aromatic rings. The van der Waals surface area contributed by atoms with Gasteiger partial charge in [-0.15, -0.1) is 5.10 Å². The van der Waals surface area contributed by atoms with E-state index in [1.165, 1.54) is 0 Å². The van der Waals surface area contributed by atoms with E-state index in [1.807, 2.05) is 37.3 Å². The molecule has 3 rings (SSSR count). The number of aromatic nitrogens is 2. The maximum absolute atomic E-state index is 5.44. The number of nitrogens with zero attached hydrogens (tertiary/aromatic N) is 2. The molecule has 0 saturated heterocycles. The second kappa shape index (κ2) is 7.05. The van der Waals surface area contributed by atoms with Crippen LogP contribution < -0.4 is 14.8 Å². The van der Waals surface area contributed by atoms with Crippen LogP contribution in [0, 0.1) is 6.92 Å². The van der Waals surface area contributed by atoms with Crippen molar-refractivity contribution in [2.75, 3.05) is 19.5 Å².